The molecule has 0 spiro atoms. The average Bonchev–Trinajstić information content (AvgIpc) is 3.97. The molecule has 57 heavy (non-hydrogen) atoms. The maximum absolute atomic E-state index is 13.3. The van der Waals surface area contributed by atoms with Gasteiger partial charge in [-0.25, -0.2) is 9.97 Å². The minimum absolute atomic E-state index is 0.209. The highest BCUT2D eigenvalue weighted by Gasteiger charge is 2.40. The van der Waals surface area contributed by atoms with Crippen LogP contribution >= 0.6 is 15.9 Å². The minimum Gasteiger partial charge on any atom is -0.340 e. The highest BCUT2D eigenvalue weighted by Crippen LogP contribution is 2.35. The number of nitrogens with one attached hydrogen (secondary N) is 3. The van der Waals surface area contributed by atoms with Crippen LogP contribution in [0.2, 0.25) is 0 Å². The monoisotopic (exact) mass is 823 g/mol. The lowest BCUT2D eigenvalue weighted by Crippen LogP contribution is -2.52. The summed E-state index contributed by atoms with van der Waals surface area (Å²) >= 11 is 3.60. The number of hydrogen-bond donors (Lipinski definition) is 3. The lowest BCUT2D eigenvalue weighted by molar-refractivity contribution is -0.136. The molecule has 3 aromatic heterocycles. The summed E-state index contributed by atoms with van der Waals surface area (Å²) in [7, 11) is 0. The molecule has 4 aliphatic rings. The Balaban J connectivity index is 0.757. The summed E-state index contributed by atoms with van der Waals surface area (Å²) in [5.41, 5.74) is 9.20. The Hall–Kier alpha value is -6.06. The van der Waals surface area contributed by atoms with E-state index in [9.17, 15) is 14.4 Å². The summed E-state index contributed by atoms with van der Waals surface area (Å²) in [5, 5.41) is 13.9. The third kappa shape index (κ3) is 6.80. The number of para-hydroxylation sites is 1. The molecule has 6 aromatic rings. The van der Waals surface area contributed by atoms with Crippen LogP contribution in [0.3, 0.4) is 0 Å². The van der Waals surface area contributed by atoms with E-state index in [-0.39, 0.29) is 24.8 Å². The van der Waals surface area contributed by atoms with Crippen molar-refractivity contribution in [2.45, 2.75) is 63.2 Å². The molecule has 2 unspecified atom stereocenters. The van der Waals surface area contributed by atoms with Crippen molar-refractivity contribution in [3.05, 3.63) is 112 Å². The van der Waals surface area contributed by atoms with Crippen molar-refractivity contribution in [2.75, 3.05) is 23.7 Å². The van der Waals surface area contributed by atoms with Gasteiger partial charge in [-0.2, -0.15) is 10.1 Å². The smallest absolute Gasteiger partial charge is 0.255 e. The predicted molar refractivity (Wildman–Crippen MR) is 217 cm³/mol. The second kappa shape index (κ2) is 14.5. The van der Waals surface area contributed by atoms with Gasteiger partial charge in [0.25, 0.3) is 5.91 Å². The summed E-state index contributed by atoms with van der Waals surface area (Å²) in [6.45, 7) is 2.31. The van der Waals surface area contributed by atoms with Crippen molar-refractivity contribution >= 4 is 67.8 Å². The number of amides is 3. The zero-order valence-corrected chi connectivity index (χ0v) is 32.4. The number of nitrogens with zero attached hydrogens (tertiary/aromatic N) is 8. The van der Waals surface area contributed by atoms with Gasteiger partial charge in [0.1, 0.15) is 17.4 Å². The molecule has 14 nitrogen and oxygen atoms in total. The zero-order valence-electron chi connectivity index (χ0n) is 30.9. The van der Waals surface area contributed by atoms with Crippen molar-refractivity contribution in [1.29, 1.82) is 0 Å². The molecule has 3 aliphatic heterocycles. The van der Waals surface area contributed by atoms with Gasteiger partial charge in [0.15, 0.2) is 0 Å². The molecule has 0 bridgehead atoms. The molecule has 286 valence electrons. The van der Waals surface area contributed by atoms with E-state index >= 15 is 0 Å². The van der Waals surface area contributed by atoms with Crippen LogP contribution in [-0.2, 0) is 29.0 Å². The number of halogens is 1. The molecule has 0 radical (unpaired) electrons. The van der Waals surface area contributed by atoms with E-state index in [0.29, 0.717) is 35.8 Å². The van der Waals surface area contributed by atoms with Gasteiger partial charge >= 0.3 is 0 Å². The fraction of sp³-hybridized carbons (Fsp3) is 0.286. The Kier molecular flexibility index (Phi) is 8.97. The van der Waals surface area contributed by atoms with Crippen LogP contribution in [0.1, 0.15) is 58.8 Å². The molecular weight excluding hydrogens is 786 g/mol. The minimum atomic E-state index is -0.677. The molecule has 3 N–H and O–H groups in total. The first-order chi connectivity index (χ1) is 27.8. The highest BCUT2D eigenvalue weighted by atomic mass is 79.9. The summed E-state index contributed by atoms with van der Waals surface area (Å²) in [5.74, 6) is 0.0607. The summed E-state index contributed by atoms with van der Waals surface area (Å²) < 4.78 is 3.04. The number of likely N-dealkylation sites (tertiary alicyclic amines) is 1. The fourth-order valence-corrected chi connectivity index (χ4v) is 9.16. The Morgan fingerprint density at radius 2 is 1.70 bits per heavy atom. The SMILES string of the molecule is O=C1CCC(N2Cc3c(Nc4ccnc(Nc5ccc6c(c5)CC(N5CCC(n7cc(-c8cnc9cccc(Br)c9n8)cn7)CC5)C6)n4)cccc3C2=O)C(=O)N1. The highest BCUT2D eigenvalue weighted by molar-refractivity contribution is 9.10. The number of imide groups is 1. The van der Waals surface area contributed by atoms with Crippen LogP contribution in [0.25, 0.3) is 22.3 Å². The number of aromatic nitrogens is 6. The van der Waals surface area contributed by atoms with Gasteiger partial charge in [-0.15, -0.1) is 0 Å². The number of carbonyl (C=O) groups excluding carboxylic acids is 3. The van der Waals surface area contributed by atoms with E-state index in [4.69, 9.17) is 15.1 Å². The molecule has 3 aromatic carbocycles. The van der Waals surface area contributed by atoms with Gasteiger partial charge in [0, 0.05) is 77.0 Å². The summed E-state index contributed by atoms with van der Waals surface area (Å²) in [6, 6.07) is 19.8. The number of hydrogen-bond acceptors (Lipinski definition) is 11. The van der Waals surface area contributed by atoms with E-state index in [1.807, 2.05) is 42.7 Å². The van der Waals surface area contributed by atoms with Crippen LogP contribution in [0.4, 0.5) is 23.1 Å². The normalized spacial score (nSPS) is 19.8. The molecule has 6 heterocycles. The Bertz CT molecular complexity index is 2590. The molecule has 0 saturated carbocycles. The van der Waals surface area contributed by atoms with Crippen LogP contribution in [-0.4, -0.2) is 82.4 Å². The third-order valence-electron chi connectivity index (χ3n) is 11.7. The molecule has 15 heteroatoms. The zero-order chi connectivity index (χ0) is 38.6. The van der Waals surface area contributed by atoms with E-state index in [1.165, 1.54) is 11.1 Å². The van der Waals surface area contributed by atoms with E-state index in [2.05, 4.69) is 75.8 Å². The first kappa shape index (κ1) is 35.4. The third-order valence-corrected chi connectivity index (χ3v) is 12.3. The molecule has 2 saturated heterocycles. The maximum Gasteiger partial charge on any atom is 0.255 e. The van der Waals surface area contributed by atoms with Crippen molar-refractivity contribution in [2.24, 2.45) is 0 Å². The van der Waals surface area contributed by atoms with Gasteiger partial charge in [0.05, 0.1) is 29.6 Å². The number of benzene rings is 3. The molecule has 2 atom stereocenters. The van der Waals surface area contributed by atoms with E-state index < -0.39 is 11.9 Å². The van der Waals surface area contributed by atoms with Crippen molar-refractivity contribution in [3.8, 4) is 11.3 Å². The number of carbonyl (C=O) groups is 3. The second-order valence-electron chi connectivity index (χ2n) is 15.1. The van der Waals surface area contributed by atoms with Crippen LogP contribution in [0.5, 0.6) is 0 Å². The van der Waals surface area contributed by atoms with Crippen molar-refractivity contribution in [1.82, 2.24) is 44.8 Å². The van der Waals surface area contributed by atoms with Crippen molar-refractivity contribution < 1.29 is 14.4 Å². The largest absolute Gasteiger partial charge is 0.340 e. The van der Waals surface area contributed by atoms with E-state index in [1.54, 1.807) is 23.2 Å². The Morgan fingerprint density at radius 1 is 0.842 bits per heavy atom. The van der Waals surface area contributed by atoms with Gasteiger partial charge < -0.3 is 15.5 Å². The molecule has 3 amide bonds. The predicted octanol–water partition coefficient (Wildman–Crippen LogP) is 6.10. The lowest BCUT2D eigenvalue weighted by atomic mass is 10.0. The number of fused-ring (bicyclic) bond motifs is 3. The Labute approximate surface area is 336 Å². The van der Waals surface area contributed by atoms with Gasteiger partial charge in [-0.3, -0.25) is 34.3 Å². The quantitative estimate of drug-likeness (QED) is 0.152. The fourth-order valence-electron chi connectivity index (χ4n) is 8.71. The van der Waals surface area contributed by atoms with Crippen LogP contribution in [0.15, 0.2) is 89.9 Å². The first-order valence-electron chi connectivity index (χ1n) is 19.3. The lowest BCUT2D eigenvalue weighted by Gasteiger charge is -2.36. The van der Waals surface area contributed by atoms with Gasteiger partial charge in [-0.1, -0.05) is 18.2 Å². The summed E-state index contributed by atoms with van der Waals surface area (Å²) in [6.07, 6.45) is 12.1. The van der Waals surface area contributed by atoms with Crippen LogP contribution in [0, 0.1) is 0 Å². The second-order valence-corrected chi connectivity index (χ2v) is 16.0. The number of anilines is 4. The maximum atomic E-state index is 13.3. The molecule has 2 fully saturated rings. The number of piperidine rings is 2. The molecular formula is C42H38BrN11O3. The van der Waals surface area contributed by atoms with Crippen molar-refractivity contribution in [3.63, 3.8) is 0 Å². The molecule has 10 rings (SSSR count). The molecule has 1 aliphatic carbocycles. The first-order valence-corrected chi connectivity index (χ1v) is 20.1. The Morgan fingerprint density at radius 3 is 2.58 bits per heavy atom. The van der Waals surface area contributed by atoms with Crippen LogP contribution < -0.4 is 16.0 Å². The summed E-state index contributed by atoms with van der Waals surface area (Å²) in [4.78, 5) is 60.4. The van der Waals surface area contributed by atoms with E-state index in [0.717, 1.165) is 82.5 Å². The topological polar surface area (TPSA) is 163 Å². The number of rotatable bonds is 8. The standard InChI is InChI=1S/C42H38BrN11O3/c43-32-4-2-6-34-39(32)49-35(21-45-34)26-20-46-54(22-26)28-12-15-52(16-13-28)29-18-24-7-8-27(17-25(24)19-29)47-42-44-14-11-37(50-42)48-33-5-1-3-30-31(33)23-53(41(30)57)36-9-10-38(55)51-40(36)56/h1-8,11,14,17,20-22,28-29,36H,9-10,12-13,15-16,18-19,23H2,(H,51,55,56)(H2,44,47,48,50). The average molecular weight is 825 g/mol. The van der Waals surface area contributed by atoms with Gasteiger partial charge in [-0.05, 0) is 102 Å². The van der Waals surface area contributed by atoms with Gasteiger partial charge in [0.2, 0.25) is 17.8 Å².